The highest BCUT2D eigenvalue weighted by atomic mass is 35.5. The summed E-state index contributed by atoms with van der Waals surface area (Å²) in [4.78, 5) is 12.8. The lowest BCUT2D eigenvalue weighted by atomic mass is 9.92. The molecule has 0 aliphatic heterocycles. The van der Waals surface area contributed by atoms with Gasteiger partial charge in [0.2, 0.25) is 0 Å². The normalized spacial score (nSPS) is 11.8. The number of halogens is 1. The molecule has 2 rings (SSSR count). The molecule has 0 aliphatic rings. The molecule has 0 amide bonds. The van der Waals surface area contributed by atoms with Crippen LogP contribution in [0.1, 0.15) is 41.8 Å². The fourth-order valence-electron chi connectivity index (χ4n) is 2.45. The molecule has 0 N–H and O–H groups in total. The molecular formula is C19H19ClO2. The van der Waals surface area contributed by atoms with Gasteiger partial charge < -0.3 is 4.74 Å². The first-order chi connectivity index (χ1) is 10.6. The van der Waals surface area contributed by atoms with Crippen molar-refractivity contribution in [2.24, 2.45) is 0 Å². The van der Waals surface area contributed by atoms with E-state index in [9.17, 15) is 4.79 Å². The van der Waals surface area contributed by atoms with Crippen LogP contribution < -0.4 is 0 Å². The van der Waals surface area contributed by atoms with Gasteiger partial charge in [-0.25, -0.2) is 0 Å². The summed E-state index contributed by atoms with van der Waals surface area (Å²) < 4.78 is 5.36. The zero-order chi connectivity index (χ0) is 16.1. The molecule has 0 bridgehead atoms. The van der Waals surface area contributed by atoms with Crippen molar-refractivity contribution in [3.05, 3.63) is 76.0 Å². The first-order valence-corrected chi connectivity index (χ1v) is 7.59. The molecule has 2 aromatic rings. The highest BCUT2D eigenvalue weighted by molar-refractivity contribution is 6.30. The van der Waals surface area contributed by atoms with Gasteiger partial charge >= 0.3 is 0 Å². The van der Waals surface area contributed by atoms with Crippen LogP contribution in [0.15, 0.2) is 54.3 Å². The zero-order valence-electron chi connectivity index (χ0n) is 13.0. The molecule has 2 nitrogen and oxygen atoms in total. The number of ketones is 1. The average molecular weight is 315 g/mol. The van der Waals surface area contributed by atoms with Gasteiger partial charge in [-0.3, -0.25) is 4.79 Å². The van der Waals surface area contributed by atoms with Gasteiger partial charge in [0.05, 0.1) is 12.9 Å². The van der Waals surface area contributed by atoms with Crippen LogP contribution in [-0.2, 0) is 4.74 Å². The monoisotopic (exact) mass is 314 g/mol. The van der Waals surface area contributed by atoms with Crippen LogP contribution in [0.25, 0.3) is 5.57 Å². The summed E-state index contributed by atoms with van der Waals surface area (Å²) in [7, 11) is 1.65. The summed E-state index contributed by atoms with van der Waals surface area (Å²) in [6.07, 6.45) is 0.796. The van der Waals surface area contributed by atoms with E-state index >= 15 is 0 Å². The molecule has 0 saturated heterocycles. The fraction of sp³-hybridized carbons (Fsp3) is 0.211. The molecule has 0 spiro atoms. The lowest BCUT2D eigenvalue weighted by Gasteiger charge is -2.14. The van der Waals surface area contributed by atoms with E-state index in [4.69, 9.17) is 16.3 Å². The second kappa shape index (κ2) is 7.28. The summed E-state index contributed by atoms with van der Waals surface area (Å²) in [5.41, 5.74) is 3.27. The van der Waals surface area contributed by atoms with Crippen LogP contribution in [0.3, 0.4) is 0 Å². The highest BCUT2D eigenvalue weighted by Crippen LogP contribution is 2.27. The molecule has 0 atom stereocenters. The van der Waals surface area contributed by atoms with Crippen LogP contribution in [0.2, 0.25) is 5.02 Å². The van der Waals surface area contributed by atoms with Gasteiger partial charge in [-0.1, -0.05) is 42.8 Å². The Bertz CT molecular complexity index is 700. The molecule has 22 heavy (non-hydrogen) atoms. The van der Waals surface area contributed by atoms with Crippen LogP contribution >= 0.6 is 11.6 Å². The molecule has 0 radical (unpaired) electrons. The van der Waals surface area contributed by atoms with Gasteiger partial charge in [0.1, 0.15) is 0 Å². The minimum absolute atomic E-state index is 0.0119. The topological polar surface area (TPSA) is 26.3 Å². The fourth-order valence-corrected chi connectivity index (χ4v) is 2.58. The summed E-state index contributed by atoms with van der Waals surface area (Å²) in [5, 5.41) is 0.620. The first-order valence-electron chi connectivity index (χ1n) is 7.21. The largest absolute Gasteiger partial charge is 0.501 e. The number of hydrogen-bond donors (Lipinski definition) is 0. The van der Waals surface area contributed by atoms with Crippen molar-refractivity contribution in [1.82, 2.24) is 0 Å². The average Bonchev–Trinajstić information content (AvgIpc) is 2.56. The second-order valence-electron chi connectivity index (χ2n) is 4.97. The maximum atomic E-state index is 12.8. The van der Waals surface area contributed by atoms with Crippen molar-refractivity contribution in [3.8, 4) is 0 Å². The van der Waals surface area contributed by atoms with Gasteiger partial charge in [0, 0.05) is 16.1 Å². The molecule has 3 heteroatoms. The van der Waals surface area contributed by atoms with Crippen molar-refractivity contribution in [2.75, 3.05) is 7.11 Å². The third-order valence-electron chi connectivity index (χ3n) is 3.69. The van der Waals surface area contributed by atoms with Crippen LogP contribution in [0.5, 0.6) is 0 Å². The van der Waals surface area contributed by atoms with Crippen molar-refractivity contribution < 1.29 is 9.53 Å². The predicted molar refractivity (Wildman–Crippen MR) is 91.2 cm³/mol. The van der Waals surface area contributed by atoms with E-state index in [1.807, 2.05) is 31.2 Å². The van der Waals surface area contributed by atoms with E-state index in [1.165, 1.54) is 0 Å². The SMILES string of the molecule is CCC(=C(C)OC)c1ccccc1C(=O)c1ccc(Cl)cc1. The number of allylic oxidation sites excluding steroid dienone is 2. The maximum absolute atomic E-state index is 12.8. The van der Waals surface area contributed by atoms with E-state index in [2.05, 4.69) is 6.92 Å². The number of ether oxygens (including phenoxy) is 1. The van der Waals surface area contributed by atoms with Crippen molar-refractivity contribution in [3.63, 3.8) is 0 Å². The number of benzene rings is 2. The third kappa shape index (κ3) is 3.40. The van der Waals surface area contributed by atoms with Gasteiger partial charge in [0.25, 0.3) is 0 Å². The first kappa shape index (κ1) is 16.3. The zero-order valence-corrected chi connectivity index (χ0v) is 13.8. The molecule has 0 unspecified atom stereocenters. The number of carbonyl (C=O) groups is 1. The Morgan fingerprint density at radius 1 is 1.05 bits per heavy atom. The number of methoxy groups -OCH3 is 1. The Balaban J connectivity index is 2.53. The predicted octanol–water partition coefficient (Wildman–Crippen LogP) is 5.36. The summed E-state index contributed by atoms with van der Waals surface area (Å²) >= 11 is 5.89. The Kier molecular flexibility index (Phi) is 5.40. The smallest absolute Gasteiger partial charge is 0.193 e. The van der Waals surface area contributed by atoms with Gasteiger partial charge in [-0.2, -0.15) is 0 Å². The molecule has 0 aromatic heterocycles. The lowest BCUT2D eigenvalue weighted by Crippen LogP contribution is -2.06. The summed E-state index contributed by atoms with van der Waals surface area (Å²) in [6.45, 7) is 3.98. The van der Waals surface area contributed by atoms with Gasteiger partial charge in [-0.15, -0.1) is 0 Å². The standard InChI is InChI=1S/C19H19ClO2/c1-4-16(13(2)22-3)17-7-5-6-8-18(17)19(21)14-9-11-15(20)12-10-14/h5-12H,4H2,1-3H3. The van der Waals surface area contributed by atoms with Crippen LogP contribution in [0, 0.1) is 0 Å². The van der Waals surface area contributed by atoms with E-state index in [1.54, 1.807) is 31.4 Å². The van der Waals surface area contributed by atoms with Crippen LogP contribution in [0.4, 0.5) is 0 Å². The molecule has 2 aromatic carbocycles. The molecular weight excluding hydrogens is 296 g/mol. The second-order valence-corrected chi connectivity index (χ2v) is 5.41. The van der Waals surface area contributed by atoms with Crippen LogP contribution in [-0.4, -0.2) is 12.9 Å². The summed E-state index contributed by atoms with van der Waals surface area (Å²) in [6, 6.07) is 14.6. The minimum Gasteiger partial charge on any atom is -0.501 e. The van der Waals surface area contributed by atoms with Crippen molar-refractivity contribution in [2.45, 2.75) is 20.3 Å². The molecule has 0 saturated carbocycles. The van der Waals surface area contributed by atoms with Gasteiger partial charge in [-0.05, 0) is 48.7 Å². The number of carbonyl (C=O) groups excluding carboxylic acids is 1. The third-order valence-corrected chi connectivity index (χ3v) is 3.94. The molecule has 0 heterocycles. The highest BCUT2D eigenvalue weighted by Gasteiger charge is 2.16. The quantitative estimate of drug-likeness (QED) is 0.548. The Hall–Kier alpha value is -2.06. The van der Waals surface area contributed by atoms with E-state index in [0.717, 1.165) is 23.3 Å². The maximum Gasteiger partial charge on any atom is 0.193 e. The Morgan fingerprint density at radius 2 is 1.64 bits per heavy atom. The van der Waals surface area contributed by atoms with Crippen molar-refractivity contribution >= 4 is 23.0 Å². The summed E-state index contributed by atoms with van der Waals surface area (Å²) in [5.74, 6) is 0.820. The van der Waals surface area contributed by atoms with E-state index in [-0.39, 0.29) is 5.78 Å². The van der Waals surface area contributed by atoms with Gasteiger partial charge in [0.15, 0.2) is 5.78 Å². The molecule has 0 fully saturated rings. The number of rotatable bonds is 5. The van der Waals surface area contributed by atoms with E-state index in [0.29, 0.717) is 16.1 Å². The minimum atomic E-state index is -0.0119. The van der Waals surface area contributed by atoms with E-state index < -0.39 is 0 Å². The molecule has 114 valence electrons. The van der Waals surface area contributed by atoms with Crippen molar-refractivity contribution in [1.29, 1.82) is 0 Å². The lowest BCUT2D eigenvalue weighted by molar-refractivity contribution is 0.103. The Morgan fingerprint density at radius 3 is 2.18 bits per heavy atom. The Labute approximate surface area is 136 Å². The number of hydrogen-bond acceptors (Lipinski definition) is 2. The molecule has 0 aliphatic carbocycles.